The smallest absolute Gasteiger partial charge is 0.229 e. The van der Waals surface area contributed by atoms with Crippen LogP contribution in [0.1, 0.15) is 61.6 Å². The number of phenols is 1. The summed E-state index contributed by atoms with van der Waals surface area (Å²) in [5.41, 5.74) is 1.67. The highest BCUT2D eigenvalue weighted by atomic mass is 16.5. The third kappa shape index (κ3) is 2.89. The summed E-state index contributed by atoms with van der Waals surface area (Å²) in [4.78, 5) is 18.1. The molecule has 2 N–H and O–H groups in total. The van der Waals surface area contributed by atoms with E-state index in [0.717, 1.165) is 43.0 Å². The van der Waals surface area contributed by atoms with Crippen molar-refractivity contribution >= 4 is 5.91 Å². The molecule has 36 heavy (non-hydrogen) atoms. The van der Waals surface area contributed by atoms with E-state index in [0.29, 0.717) is 18.6 Å². The van der Waals surface area contributed by atoms with Crippen LogP contribution in [0.25, 0.3) is 0 Å². The maximum atomic E-state index is 13.7. The molecule has 2 aliphatic heterocycles. The van der Waals surface area contributed by atoms with Gasteiger partial charge in [-0.15, -0.1) is 0 Å². The van der Waals surface area contributed by atoms with E-state index in [-0.39, 0.29) is 35.8 Å². The Hall–Kier alpha value is -2.57. The number of likely N-dealkylation sites (tertiary alicyclic amines) is 1. The third-order valence-corrected chi connectivity index (χ3v) is 10.2. The van der Waals surface area contributed by atoms with Gasteiger partial charge in [0.15, 0.2) is 11.5 Å². The van der Waals surface area contributed by atoms with Crippen LogP contribution in [0.2, 0.25) is 0 Å². The topological polar surface area (TPSA) is 73.2 Å². The zero-order valence-electron chi connectivity index (χ0n) is 21.2. The van der Waals surface area contributed by atoms with Gasteiger partial charge in [-0.25, -0.2) is 0 Å². The number of phenolic OH excluding ortho intramolecular Hbond substituents is 1. The van der Waals surface area contributed by atoms with Crippen molar-refractivity contribution in [3.05, 3.63) is 59.2 Å². The monoisotopic (exact) mass is 488 g/mol. The second kappa shape index (κ2) is 7.72. The second-order valence-corrected chi connectivity index (χ2v) is 12.0. The molecule has 0 radical (unpaired) electrons. The molecule has 6 atom stereocenters. The fraction of sp³-hybridized carbons (Fsp3) is 0.567. The quantitative estimate of drug-likeness (QED) is 0.673. The molecule has 2 bridgehead atoms. The summed E-state index contributed by atoms with van der Waals surface area (Å²) < 4.78 is 6.65. The molecule has 6 nitrogen and oxygen atoms in total. The normalized spacial score (nSPS) is 35.0. The Morgan fingerprint density at radius 2 is 1.94 bits per heavy atom. The number of rotatable bonds is 5. The second-order valence-electron chi connectivity index (χ2n) is 12.0. The Morgan fingerprint density at radius 1 is 1.17 bits per heavy atom. The lowest BCUT2D eigenvalue weighted by Gasteiger charge is -2.64. The van der Waals surface area contributed by atoms with Crippen LogP contribution in [0, 0.1) is 5.92 Å². The van der Waals surface area contributed by atoms with E-state index in [9.17, 15) is 15.0 Å². The standard InChI is InChI=1S/C30H36N2O4/c1-18(20-6-4-3-5-7-20)28(34)31(2)22-12-13-30(35)24-16-21-10-11-23(33)26-25(21)29(30,27(22)36-26)14-15-32(24)17-19-8-9-19/h3-7,10-11,18-19,22,24,27,33,35H,8-9,12-17H2,1-2H3/t18-,22+,24+,27-,29-,30+/m0/s1. The van der Waals surface area contributed by atoms with E-state index in [1.165, 1.54) is 18.4 Å². The Labute approximate surface area is 212 Å². The number of aliphatic hydroxyl groups is 1. The number of nitrogens with zero attached hydrogens (tertiary/aromatic N) is 2. The molecule has 3 fully saturated rings. The number of carbonyl (C=O) groups excluding carboxylic acids is 1. The van der Waals surface area contributed by atoms with Crippen LogP contribution in [0.4, 0.5) is 0 Å². The number of piperidine rings is 1. The van der Waals surface area contributed by atoms with E-state index in [4.69, 9.17) is 4.74 Å². The lowest BCUT2D eigenvalue weighted by Crippen LogP contribution is -2.78. The minimum atomic E-state index is -0.928. The van der Waals surface area contributed by atoms with Crippen LogP contribution >= 0.6 is 0 Å². The summed E-state index contributed by atoms with van der Waals surface area (Å²) in [6.07, 6.45) is 5.10. The van der Waals surface area contributed by atoms with Gasteiger partial charge in [0.25, 0.3) is 0 Å². The summed E-state index contributed by atoms with van der Waals surface area (Å²) in [7, 11) is 1.89. The van der Waals surface area contributed by atoms with Gasteiger partial charge >= 0.3 is 0 Å². The van der Waals surface area contributed by atoms with E-state index in [1.807, 2.05) is 55.3 Å². The van der Waals surface area contributed by atoms with Crippen molar-refractivity contribution in [1.82, 2.24) is 9.80 Å². The van der Waals surface area contributed by atoms with Gasteiger partial charge in [-0.1, -0.05) is 36.4 Å². The average molecular weight is 489 g/mol. The van der Waals surface area contributed by atoms with Crippen molar-refractivity contribution in [3.8, 4) is 11.5 Å². The number of benzene rings is 2. The molecule has 2 heterocycles. The minimum Gasteiger partial charge on any atom is -0.504 e. The van der Waals surface area contributed by atoms with E-state index >= 15 is 0 Å². The number of hydrogen-bond acceptors (Lipinski definition) is 5. The van der Waals surface area contributed by atoms with Gasteiger partial charge in [-0.05, 0) is 75.1 Å². The summed E-state index contributed by atoms with van der Waals surface area (Å²) in [5.74, 6) is 1.24. The first kappa shape index (κ1) is 22.6. The molecular formula is C30H36N2O4. The molecule has 1 spiro atoms. The van der Waals surface area contributed by atoms with Crippen molar-refractivity contribution in [2.75, 3.05) is 20.1 Å². The number of aromatic hydroxyl groups is 1. The molecule has 2 aromatic rings. The number of ether oxygens (including phenoxy) is 1. The summed E-state index contributed by atoms with van der Waals surface area (Å²) in [6.45, 7) is 3.95. The van der Waals surface area contributed by atoms with Crippen molar-refractivity contribution in [2.45, 2.75) is 80.6 Å². The molecule has 190 valence electrons. The first-order valence-corrected chi connectivity index (χ1v) is 13.6. The maximum absolute atomic E-state index is 13.7. The molecule has 0 aromatic heterocycles. The predicted octanol–water partition coefficient (Wildman–Crippen LogP) is 3.59. The highest BCUT2D eigenvalue weighted by Crippen LogP contribution is 2.66. The third-order valence-electron chi connectivity index (χ3n) is 10.2. The van der Waals surface area contributed by atoms with Crippen molar-refractivity contribution in [1.29, 1.82) is 0 Å². The number of carbonyl (C=O) groups is 1. The lowest BCUT2D eigenvalue weighted by atomic mass is 9.48. The number of amides is 1. The van der Waals surface area contributed by atoms with E-state index < -0.39 is 11.0 Å². The Bertz CT molecular complexity index is 1210. The summed E-state index contributed by atoms with van der Waals surface area (Å²) in [6, 6.07) is 13.6. The zero-order valence-corrected chi connectivity index (χ0v) is 21.2. The van der Waals surface area contributed by atoms with Crippen molar-refractivity contribution in [2.24, 2.45) is 5.92 Å². The van der Waals surface area contributed by atoms with Gasteiger partial charge < -0.3 is 19.8 Å². The molecular weight excluding hydrogens is 452 g/mol. The molecule has 2 aromatic carbocycles. The minimum absolute atomic E-state index is 0.0474. The first-order chi connectivity index (χ1) is 17.3. The Morgan fingerprint density at radius 3 is 2.69 bits per heavy atom. The van der Waals surface area contributed by atoms with Gasteiger partial charge in [0.05, 0.1) is 23.0 Å². The van der Waals surface area contributed by atoms with Crippen LogP contribution in [-0.2, 0) is 16.6 Å². The number of hydrogen-bond donors (Lipinski definition) is 2. The van der Waals surface area contributed by atoms with E-state index in [2.05, 4.69) is 4.90 Å². The maximum Gasteiger partial charge on any atom is 0.229 e. The van der Waals surface area contributed by atoms with Gasteiger partial charge in [0.2, 0.25) is 5.91 Å². The molecule has 7 rings (SSSR count). The SMILES string of the molecule is C[C@H](C(=O)N(C)[C@@H]1CC[C@@]2(O)[C@H]3Cc4ccc(O)c5c4[C@@]2(CCN3CC2CC2)[C@H]1O5)c1ccccc1. The predicted molar refractivity (Wildman–Crippen MR) is 136 cm³/mol. The Kier molecular flexibility index (Phi) is 4.85. The summed E-state index contributed by atoms with van der Waals surface area (Å²) >= 11 is 0. The average Bonchev–Trinajstić information content (AvgIpc) is 3.63. The fourth-order valence-electron chi connectivity index (χ4n) is 8.21. The van der Waals surface area contributed by atoms with Crippen molar-refractivity contribution < 1.29 is 19.7 Å². The van der Waals surface area contributed by atoms with Crippen molar-refractivity contribution in [3.63, 3.8) is 0 Å². The molecule has 5 aliphatic rings. The van der Waals surface area contributed by atoms with Gasteiger partial charge in [0, 0.05) is 25.2 Å². The molecule has 3 aliphatic carbocycles. The molecule has 0 unspecified atom stereocenters. The zero-order chi connectivity index (χ0) is 24.8. The van der Waals surface area contributed by atoms with E-state index in [1.54, 1.807) is 6.07 Å². The molecule has 6 heteroatoms. The fourth-order valence-corrected chi connectivity index (χ4v) is 8.21. The Balaban J connectivity index is 1.29. The molecule has 2 saturated carbocycles. The molecule has 1 saturated heterocycles. The first-order valence-electron chi connectivity index (χ1n) is 13.6. The number of likely N-dealkylation sites (N-methyl/N-ethyl adjacent to an activating group) is 1. The highest BCUT2D eigenvalue weighted by molar-refractivity contribution is 5.83. The van der Waals surface area contributed by atoms with Gasteiger partial charge in [0.1, 0.15) is 6.10 Å². The largest absolute Gasteiger partial charge is 0.504 e. The van der Waals surface area contributed by atoms with Gasteiger partial charge in [-0.2, -0.15) is 0 Å². The van der Waals surface area contributed by atoms with Crippen LogP contribution in [0.5, 0.6) is 11.5 Å². The van der Waals surface area contributed by atoms with Crippen LogP contribution in [0.15, 0.2) is 42.5 Å². The summed E-state index contributed by atoms with van der Waals surface area (Å²) in [5, 5.41) is 23.5. The highest BCUT2D eigenvalue weighted by Gasteiger charge is 2.73. The van der Waals surface area contributed by atoms with Crippen LogP contribution in [-0.4, -0.2) is 69.8 Å². The molecule has 1 amide bonds. The van der Waals surface area contributed by atoms with Crippen LogP contribution in [0.3, 0.4) is 0 Å². The van der Waals surface area contributed by atoms with Crippen LogP contribution < -0.4 is 4.74 Å². The lowest BCUT2D eigenvalue weighted by molar-refractivity contribution is -0.200. The van der Waals surface area contributed by atoms with Gasteiger partial charge in [-0.3, -0.25) is 9.69 Å².